The van der Waals surface area contributed by atoms with E-state index in [1.165, 1.54) is 18.0 Å². The van der Waals surface area contributed by atoms with Crippen molar-refractivity contribution < 1.29 is 19.7 Å². The molecule has 3 rings (SSSR count). The number of methoxy groups -OCH3 is 1. The Kier molecular flexibility index (Phi) is 3.37. The molecule has 21 heavy (non-hydrogen) atoms. The van der Waals surface area contributed by atoms with Crippen molar-refractivity contribution in [3.8, 4) is 0 Å². The van der Waals surface area contributed by atoms with Gasteiger partial charge >= 0.3 is 0 Å². The second-order valence-electron chi connectivity index (χ2n) is 4.71. The number of aliphatic hydroxyl groups is 2. The molecule has 0 saturated carbocycles. The van der Waals surface area contributed by atoms with E-state index in [1.54, 1.807) is 0 Å². The molecule has 5 N–H and O–H groups in total. The Balaban J connectivity index is 2.10. The largest absolute Gasteiger partial charge is 0.394 e. The summed E-state index contributed by atoms with van der Waals surface area (Å²) in [7, 11) is 1.41. The molecule has 0 aliphatic carbocycles. The average Bonchev–Trinajstić information content (AvgIpc) is 2.99. The van der Waals surface area contributed by atoms with Crippen LogP contribution in [0.25, 0.3) is 11.2 Å². The van der Waals surface area contributed by atoms with Crippen LogP contribution in [0.2, 0.25) is 0 Å². The first-order chi connectivity index (χ1) is 10.1. The third-order valence-corrected chi connectivity index (χ3v) is 3.49. The van der Waals surface area contributed by atoms with Crippen molar-refractivity contribution in [1.82, 2.24) is 19.5 Å². The fourth-order valence-corrected chi connectivity index (χ4v) is 2.48. The number of rotatable bonds is 3. The molecule has 2 aromatic rings. The second-order valence-corrected chi connectivity index (χ2v) is 4.71. The van der Waals surface area contributed by atoms with Gasteiger partial charge in [0, 0.05) is 7.11 Å². The molecule has 1 aliphatic heterocycles. The van der Waals surface area contributed by atoms with E-state index in [0.717, 1.165) is 0 Å². The Labute approximate surface area is 118 Å². The zero-order valence-electron chi connectivity index (χ0n) is 11.1. The van der Waals surface area contributed by atoms with E-state index in [1.807, 2.05) is 0 Å². The number of hydrogen-bond acceptors (Lipinski definition) is 8. The van der Waals surface area contributed by atoms with Crippen LogP contribution in [0.4, 0.5) is 5.95 Å². The number of ether oxygens (including phenoxy) is 2. The number of nitrogens with zero attached hydrogens (tertiary/aromatic N) is 3. The van der Waals surface area contributed by atoms with Crippen LogP contribution in [-0.2, 0) is 9.47 Å². The van der Waals surface area contributed by atoms with Gasteiger partial charge in [-0.2, -0.15) is 4.98 Å². The standard InChI is InChI=1S/C11H15N5O5/c1-20-7-6(18)4(2-17)21-10(7)16-3-13-5-8(16)14-11(12)15-9(5)19/h3-4,6-7,10,17-18H,2H2,1H3,(H3,12,14,15,19)/t4-,6-,7?,10-/m1/s1. The normalized spacial score (nSPS) is 29.3. The number of aromatic amines is 1. The van der Waals surface area contributed by atoms with Crippen molar-refractivity contribution in [2.75, 3.05) is 19.5 Å². The molecule has 3 heterocycles. The van der Waals surface area contributed by atoms with Crippen molar-refractivity contribution in [3.63, 3.8) is 0 Å². The molecule has 0 radical (unpaired) electrons. The second kappa shape index (κ2) is 5.07. The van der Waals surface area contributed by atoms with E-state index in [-0.39, 0.29) is 23.7 Å². The summed E-state index contributed by atoms with van der Waals surface area (Å²) in [4.78, 5) is 22.1. The molecular formula is C11H15N5O5. The Morgan fingerprint density at radius 1 is 1.62 bits per heavy atom. The predicted molar refractivity (Wildman–Crippen MR) is 70.4 cm³/mol. The average molecular weight is 297 g/mol. The molecule has 114 valence electrons. The van der Waals surface area contributed by atoms with Crippen LogP contribution in [0.3, 0.4) is 0 Å². The summed E-state index contributed by atoms with van der Waals surface area (Å²) in [5.74, 6) is -0.0551. The van der Waals surface area contributed by atoms with Crippen molar-refractivity contribution in [2.24, 2.45) is 0 Å². The van der Waals surface area contributed by atoms with Gasteiger partial charge in [0.25, 0.3) is 5.56 Å². The van der Waals surface area contributed by atoms with Gasteiger partial charge in [0.1, 0.15) is 18.3 Å². The molecule has 0 bridgehead atoms. The maximum absolute atomic E-state index is 11.8. The lowest BCUT2D eigenvalue weighted by Crippen LogP contribution is -2.34. The molecule has 0 spiro atoms. The van der Waals surface area contributed by atoms with Crippen LogP contribution in [0.1, 0.15) is 6.23 Å². The first-order valence-corrected chi connectivity index (χ1v) is 6.26. The third kappa shape index (κ3) is 2.08. The van der Waals surface area contributed by atoms with Gasteiger partial charge in [-0.1, -0.05) is 0 Å². The quantitative estimate of drug-likeness (QED) is 0.506. The summed E-state index contributed by atoms with van der Waals surface area (Å²) in [5.41, 5.74) is 5.38. The van der Waals surface area contributed by atoms with Gasteiger partial charge in [-0.05, 0) is 0 Å². The maximum atomic E-state index is 11.8. The highest BCUT2D eigenvalue weighted by Gasteiger charge is 2.45. The summed E-state index contributed by atoms with van der Waals surface area (Å²) in [6, 6.07) is 0. The highest BCUT2D eigenvalue weighted by Crippen LogP contribution is 2.32. The molecule has 10 heteroatoms. The number of aliphatic hydroxyl groups excluding tert-OH is 2. The summed E-state index contributed by atoms with van der Waals surface area (Å²) < 4.78 is 12.2. The fraction of sp³-hybridized carbons (Fsp3) is 0.545. The molecular weight excluding hydrogens is 282 g/mol. The van der Waals surface area contributed by atoms with Crippen molar-refractivity contribution in [1.29, 1.82) is 0 Å². The minimum Gasteiger partial charge on any atom is -0.394 e. The van der Waals surface area contributed by atoms with Gasteiger partial charge in [-0.15, -0.1) is 0 Å². The number of nitrogen functional groups attached to an aromatic ring is 1. The van der Waals surface area contributed by atoms with Crippen LogP contribution in [0.15, 0.2) is 11.1 Å². The summed E-state index contributed by atoms with van der Waals surface area (Å²) >= 11 is 0. The molecule has 10 nitrogen and oxygen atoms in total. The Morgan fingerprint density at radius 3 is 3.05 bits per heavy atom. The Bertz CT molecular complexity index is 713. The zero-order valence-corrected chi connectivity index (χ0v) is 11.1. The molecule has 1 unspecified atom stereocenters. The van der Waals surface area contributed by atoms with Crippen LogP contribution in [0, 0.1) is 0 Å². The monoisotopic (exact) mass is 297 g/mol. The number of hydrogen-bond donors (Lipinski definition) is 4. The summed E-state index contributed by atoms with van der Waals surface area (Å²) in [6.45, 7) is -0.361. The molecule has 2 aromatic heterocycles. The Hall–Kier alpha value is -2.01. The summed E-state index contributed by atoms with van der Waals surface area (Å²) in [6.07, 6.45) is -1.96. The van der Waals surface area contributed by atoms with E-state index in [0.29, 0.717) is 0 Å². The van der Waals surface area contributed by atoms with E-state index < -0.39 is 30.1 Å². The van der Waals surface area contributed by atoms with E-state index in [2.05, 4.69) is 15.0 Å². The molecule has 1 aliphatic rings. The number of nitrogens with one attached hydrogen (secondary N) is 1. The first-order valence-electron chi connectivity index (χ1n) is 6.26. The molecule has 1 fully saturated rings. The minimum absolute atomic E-state index is 0.0551. The minimum atomic E-state index is -1.01. The van der Waals surface area contributed by atoms with E-state index in [4.69, 9.17) is 15.2 Å². The topological polar surface area (TPSA) is 149 Å². The zero-order chi connectivity index (χ0) is 15.1. The lowest BCUT2D eigenvalue weighted by molar-refractivity contribution is -0.0583. The lowest BCUT2D eigenvalue weighted by Gasteiger charge is -2.19. The van der Waals surface area contributed by atoms with Gasteiger partial charge in [-0.3, -0.25) is 14.3 Å². The Morgan fingerprint density at radius 2 is 2.38 bits per heavy atom. The highest BCUT2D eigenvalue weighted by molar-refractivity contribution is 5.70. The SMILES string of the molecule is COC1[C@H](n2cnc3c(=O)[nH]c(N)nc32)O[C@H](CO)[C@H]1O. The van der Waals surface area contributed by atoms with E-state index in [9.17, 15) is 15.0 Å². The van der Waals surface area contributed by atoms with Crippen LogP contribution >= 0.6 is 0 Å². The number of fused-ring (bicyclic) bond motifs is 1. The number of nitrogens with two attached hydrogens (primary N) is 1. The third-order valence-electron chi connectivity index (χ3n) is 3.49. The van der Waals surface area contributed by atoms with Gasteiger partial charge in [0.05, 0.1) is 12.9 Å². The van der Waals surface area contributed by atoms with Gasteiger partial charge in [0.15, 0.2) is 17.4 Å². The van der Waals surface area contributed by atoms with Gasteiger partial charge in [-0.25, -0.2) is 4.98 Å². The number of anilines is 1. The van der Waals surface area contributed by atoms with E-state index >= 15 is 0 Å². The van der Waals surface area contributed by atoms with Crippen molar-refractivity contribution in [3.05, 3.63) is 16.7 Å². The number of aromatic nitrogens is 4. The fourth-order valence-electron chi connectivity index (χ4n) is 2.48. The van der Waals surface area contributed by atoms with Crippen LogP contribution < -0.4 is 11.3 Å². The van der Waals surface area contributed by atoms with Gasteiger partial charge < -0.3 is 25.4 Å². The van der Waals surface area contributed by atoms with Crippen LogP contribution in [0.5, 0.6) is 0 Å². The molecule has 0 aromatic carbocycles. The van der Waals surface area contributed by atoms with Crippen molar-refractivity contribution >= 4 is 17.1 Å². The maximum Gasteiger partial charge on any atom is 0.280 e. The summed E-state index contributed by atoms with van der Waals surface area (Å²) in [5, 5.41) is 19.3. The first kappa shape index (κ1) is 13.9. The molecule has 4 atom stereocenters. The lowest BCUT2D eigenvalue weighted by atomic mass is 10.1. The number of H-pyrrole nitrogens is 1. The van der Waals surface area contributed by atoms with Crippen LogP contribution in [-0.4, -0.2) is 61.8 Å². The number of imidazole rings is 1. The van der Waals surface area contributed by atoms with Crippen molar-refractivity contribution in [2.45, 2.75) is 24.5 Å². The molecule has 1 saturated heterocycles. The smallest absolute Gasteiger partial charge is 0.280 e. The molecule has 0 amide bonds. The predicted octanol–water partition coefficient (Wildman–Crippen LogP) is -2.03. The van der Waals surface area contributed by atoms with Gasteiger partial charge in [0.2, 0.25) is 5.95 Å². The highest BCUT2D eigenvalue weighted by atomic mass is 16.6.